The first kappa shape index (κ1) is 15.7. The summed E-state index contributed by atoms with van der Waals surface area (Å²) in [7, 11) is 0. The summed E-state index contributed by atoms with van der Waals surface area (Å²) in [6, 6.07) is 0. The van der Waals surface area contributed by atoms with Crippen molar-refractivity contribution >= 4 is 0 Å². The van der Waals surface area contributed by atoms with Gasteiger partial charge in [0.05, 0.1) is 0 Å². The molecule has 0 saturated heterocycles. The van der Waals surface area contributed by atoms with Crippen molar-refractivity contribution < 1.29 is 40.9 Å². The largest absolute Gasteiger partial charge is 0.368 e. The molecule has 1 rings (SSSR count). The van der Waals surface area contributed by atoms with Crippen molar-refractivity contribution in [2.45, 2.75) is 38.0 Å². The molecule has 1 aliphatic carbocycles. The van der Waals surface area contributed by atoms with Crippen LogP contribution in [0.15, 0.2) is 0 Å². The second-order valence-corrected chi connectivity index (χ2v) is 4.78. The molecule has 4 unspecified atom stereocenters. The van der Waals surface area contributed by atoms with Crippen LogP contribution in [0.3, 0.4) is 0 Å². The lowest BCUT2D eigenvalue weighted by atomic mass is 9.67. The van der Waals surface area contributed by atoms with Gasteiger partial charge in [-0.2, -0.15) is 0 Å². The van der Waals surface area contributed by atoms with Crippen LogP contribution in [-0.2, 0) is 0 Å². The highest BCUT2D eigenvalue weighted by Crippen LogP contribution is 2.42. The molecule has 0 amide bonds. The van der Waals surface area contributed by atoms with E-state index in [0.29, 0.717) is 0 Å². The minimum atomic E-state index is -1.85. The highest BCUT2D eigenvalue weighted by Gasteiger charge is 2.46. The minimum Gasteiger partial charge on any atom is -0.368 e. The van der Waals surface area contributed by atoms with Crippen LogP contribution in [0.1, 0.15) is 12.8 Å². The monoisotopic (exact) mass is 268 g/mol. The quantitative estimate of drug-likeness (QED) is 0.243. The molecule has 1 saturated carbocycles. The number of aliphatic hydroxyl groups is 8. The topological polar surface area (TPSA) is 162 Å². The zero-order valence-electron chi connectivity index (χ0n) is 9.61. The molecule has 8 N–H and O–H groups in total. The number of aliphatic hydroxyl groups excluding tert-OH is 4. The summed E-state index contributed by atoms with van der Waals surface area (Å²) in [5.41, 5.74) is 0. The molecule has 1 fully saturated rings. The van der Waals surface area contributed by atoms with Crippen molar-refractivity contribution in [1.82, 2.24) is 0 Å². The molecule has 0 aromatic carbocycles. The van der Waals surface area contributed by atoms with E-state index < -0.39 is 48.8 Å². The van der Waals surface area contributed by atoms with Crippen LogP contribution in [0.25, 0.3) is 0 Å². The lowest BCUT2D eigenvalue weighted by molar-refractivity contribution is -0.231. The van der Waals surface area contributed by atoms with Crippen molar-refractivity contribution in [2.24, 2.45) is 23.7 Å². The van der Waals surface area contributed by atoms with E-state index in [4.69, 9.17) is 40.9 Å². The van der Waals surface area contributed by atoms with E-state index in [0.717, 1.165) is 0 Å². The van der Waals surface area contributed by atoms with Crippen LogP contribution in [0.4, 0.5) is 0 Å². The van der Waals surface area contributed by atoms with Crippen LogP contribution < -0.4 is 0 Å². The average molecular weight is 268 g/mol. The van der Waals surface area contributed by atoms with Crippen molar-refractivity contribution in [1.29, 1.82) is 0 Å². The SMILES string of the molecule is OC(O)C1CC(C(O)O)C(C(O)O)CC1C(O)O. The third-order valence-electron chi connectivity index (χ3n) is 3.72. The Labute approximate surface area is 103 Å². The molecule has 8 nitrogen and oxygen atoms in total. The van der Waals surface area contributed by atoms with Gasteiger partial charge in [-0.15, -0.1) is 0 Å². The predicted molar refractivity (Wildman–Crippen MR) is 56.1 cm³/mol. The summed E-state index contributed by atoms with van der Waals surface area (Å²) >= 11 is 0. The van der Waals surface area contributed by atoms with Crippen LogP contribution in [0.5, 0.6) is 0 Å². The molecule has 0 bridgehead atoms. The summed E-state index contributed by atoms with van der Waals surface area (Å²) in [5, 5.41) is 73.3. The van der Waals surface area contributed by atoms with E-state index in [1.807, 2.05) is 0 Å². The molecule has 18 heavy (non-hydrogen) atoms. The number of hydrogen-bond donors (Lipinski definition) is 8. The Morgan fingerprint density at radius 2 is 0.611 bits per heavy atom. The van der Waals surface area contributed by atoms with E-state index in [1.165, 1.54) is 0 Å². The second-order valence-electron chi connectivity index (χ2n) is 4.78. The van der Waals surface area contributed by atoms with Crippen LogP contribution in [-0.4, -0.2) is 66.0 Å². The normalized spacial score (nSPS) is 34.0. The molecule has 0 aliphatic heterocycles. The molecule has 1 aliphatic rings. The second kappa shape index (κ2) is 6.22. The van der Waals surface area contributed by atoms with Gasteiger partial charge < -0.3 is 40.9 Å². The van der Waals surface area contributed by atoms with Gasteiger partial charge in [-0.05, 0) is 12.8 Å². The molecule has 0 spiro atoms. The Morgan fingerprint density at radius 1 is 0.444 bits per heavy atom. The molecule has 108 valence electrons. The van der Waals surface area contributed by atoms with Gasteiger partial charge >= 0.3 is 0 Å². The molecular formula is C10H20O8. The lowest BCUT2D eigenvalue weighted by Crippen LogP contribution is -2.49. The first-order valence-electron chi connectivity index (χ1n) is 5.70. The summed E-state index contributed by atoms with van der Waals surface area (Å²) in [6.45, 7) is 0. The van der Waals surface area contributed by atoms with Gasteiger partial charge in [-0.1, -0.05) is 0 Å². The molecule has 0 aromatic rings. The zero-order valence-corrected chi connectivity index (χ0v) is 9.61. The fraction of sp³-hybridized carbons (Fsp3) is 1.00. The zero-order chi connectivity index (χ0) is 14.0. The average Bonchev–Trinajstić information content (AvgIpc) is 2.26. The number of hydrogen-bond acceptors (Lipinski definition) is 8. The van der Waals surface area contributed by atoms with Gasteiger partial charge in [-0.25, -0.2) is 0 Å². The molecule has 4 atom stereocenters. The van der Waals surface area contributed by atoms with Gasteiger partial charge in [0.15, 0.2) is 25.2 Å². The standard InChI is InChI=1S/C10H20O8/c11-7(12)3-1-4(8(13)14)6(10(17)18)2-5(3)9(15)16/h3-18H,1-2H2. The van der Waals surface area contributed by atoms with Gasteiger partial charge in [-0.3, -0.25) is 0 Å². The van der Waals surface area contributed by atoms with Crippen LogP contribution in [0, 0.1) is 23.7 Å². The predicted octanol–water partition coefficient (Wildman–Crippen LogP) is -3.51. The third kappa shape index (κ3) is 3.37. The fourth-order valence-electron chi connectivity index (χ4n) is 2.70. The molecule has 0 heterocycles. The van der Waals surface area contributed by atoms with E-state index in [2.05, 4.69) is 0 Å². The smallest absolute Gasteiger partial charge is 0.154 e. The molecular weight excluding hydrogens is 248 g/mol. The van der Waals surface area contributed by atoms with Gasteiger partial charge in [0, 0.05) is 23.7 Å². The van der Waals surface area contributed by atoms with Crippen LogP contribution in [0.2, 0.25) is 0 Å². The van der Waals surface area contributed by atoms with Crippen LogP contribution >= 0.6 is 0 Å². The summed E-state index contributed by atoms with van der Waals surface area (Å²) in [5.74, 6) is -3.92. The summed E-state index contributed by atoms with van der Waals surface area (Å²) < 4.78 is 0. The maximum Gasteiger partial charge on any atom is 0.154 e. The Balaban J connectivity index is 2.91. The first-order valence-corrected chi connectivity index (χ1v) is 5.70. The fourth-order valence-corrected chi connectivity index (χ4v) is 2.70. The number of rotatable bonds is 4. The van der Waals surface area contributed by atoms with E-state index in [9.17, 15) is 0 Å². The molecule has 0 aromatic heterocycles. The Kier molecular flexibility index (Phi) is 5.44. The maximum absolute atomic E-state index is 9.17. The van der Waals surface area contributed by atoms with E-state index in [1.54, 1.807) is 0 Å². The molecule has 0 radical (unpaired) electrons. The van der Waals surface area contributed by atoms with Gasteiger partial charge in [0.25, 0.3) is 0 Å². The van der Waals surface area contributed by atoms with Crippen molar-refractivity contribution in [3.05, 3.63) is 0 Å². The van der Waals surface area contributed by atoms with Gasteiger partial charge in [0.1, 0.15) is 0 Å². The minimum absolute atomic E-state index is 0.167. The Bertz CT molecular complexity index is 204. The molecule has 8 heteroatoms. The van der Waals surface area contributed by atoms with Crippen molar-refractivity contribution in [3.8, 4) is 0 Å². The Morgan fingerprint density at radius 3 is 0.722 bits per heavy atom. The highest BCUT2D eigenvalue weighted by atomic mass is 16.5. The Hall–Kier alpha value is -0.320. The third-order valence-corrected chi connectivity index (χ3v) is 3.72. The summed E-state index contributed by atoms with van der Waals surface area (Å²) in [6.07, 6.45) is -7.74. The first-order chi connectivity index (χ1) is 8.25. The van der Waals surface area contributed by atoms with E-state index >= 15 is 0 Å². The lowest BCUT2D eigenvalue weighted by Gasteiger charge is -2.43. The highest BCUT2D eigenvalue weighted by molar-refractivity contribution is 4.89. The van der Waals surface area contributed by atoms with Crippen molar-refractivity contribution in [3.63, 3.8) is 0 Å². The van der Waals surface area contributed by atoms with Crippen molar-refractivity contribution in [2.75, 3.05) is 0 Å². The van der Waals surface area contributed by atoms with Gasteiger partial charge in [0.2, 0.25) is 0 Å². The summed E-state index contributed by atoms with van der Waals surface area (Å²) in [4.78, 5) is 0. The van der Waals surface area contributed by atoms with E-state index in [-0.39, 0.29) is 12.8 Å². The maximum atomic E-state index is 9.17.